The van der Waals surface area contributed by atoms with Gasteiger partial charge in [-0.2, -0.15) is 0 Å². The van der Waals surface area contributed by atoms with Crippen LogP contribution in [-0.4, -0.2) is 27.4 Å². The van der Waals surface area contributed by atoms with E-state index in [2.05, 4.69) is 0 Å². The van der Waals surface area contributed by atoms with Crippen molar-refractivity contribution < 1.29 is 14.7 Å². The van der Waals surface area contributed by atoms with E-state index in [0.717, 1.165) is 11.1 Å². The van der Waals surface area contributed by atoms with Crippen molar-refractivity contribution in [1.82, 2.24) is 4.90 Å². The van der Waals surface area contributed by atoms with Crippen molar-refractivity contribution >= 4 is 11.8 Å². The molecular weight excluding hydrogens is 338 g/mol. The minimum absolute atomic E-state index is 0.140. The second-order valence-corrected chi connectivity index (χ2v) is 8.69. The molecule has 1 N–H and O–H groups in total. The van der Waals surface area contributed by atoms with Crippen LogP contribution in [0, 0.1) is 11.8 Å². The van der Waals surface area contributed by atoms with Crippen LogP contribution in [0.2, 0.25) is 0 Å². The summed E-state index contributed by atoms with van der Waals surface area (Å²) in [6, 6.07) is 16.9. The van der Waals surface area contributed by atoms with Crippen LogP contribution in [-0.2, 0) is 15.2 Å². The Morgan fingerprint density at radius 2 is 1.52 bits per heavy atom. The highest BCUT2D eigenvalue weighted by molar-refractivity contribution is 6.07. The lowest BCUT2D eigenvalue weighted by molar-refractivity contribution is -0.147. The zero-order chi connectivity index (χ0) is 19.6. The molecule has 1 fully saturated rings. The predicted molar refractivity (Wildman–Crippen MR) is 103 cm³/mol. The molecular formula is C23H25NO3. The number of aliphatic hydroxyl groups is 1. The second-order valence-electron chi connectivity index (χ2n) is 8.69. The number of carbonyl (C=O) groups is 2. The zero-order valence-electron chi connectivity index (χ0n) is 16.1. The van der Waals surface area contributed by atoms with Crippen LogP contribution in [0.15, 0.2) is 54.6 Å². The van der Waals surface area contributed by atoms with Gasteiger partial charge in [0.2, 0.25) is 11.8 Å². The third kappa shape index (κ3) is 2.32. The van der Waals surface area contributed by atoms with Gasteiger partial charge >= 0.3 is 0 Å². The molecule has 2 aromatic rings. The molecule has 0 spiro atoms. The first-order chi connectivity index (χ1) is 12.7. The molecule has 1 aliphatic heterocycles. The molecule has 2 amide bonds. The largest absolute Gasteiger partial charge is 0.380 e. The maximum absolute atomic E-state index is 13.5. The maximum atomic E-state index is 13.5. The van der Waals surface area contributed by atoms with E-state index in [1.807, 2.05) is 82.3 Å². The van der Waals surface area contributed by atoms with Gasteiger partial charge in [0.05, 0.1) is 11.8 Å². The fraction of sp³-hybridized carbons (Fsp3) is 0.391. The zero-order valence-corrected chi connectivity index (χ0v) is 16.1. The molecule has 0 unspecified atom stereocenters. The summed E-state index contributed by atoms with van der Waals surface area (Å²) >= 11 is 0. The number of hydrogen-bond donors (Lipinski definition) is 1. The highest BCUT2D eigenvalue weighted by atomic mass is 16.3. The van der Waals surface area contributed by atoms with Crippen molar-refractivity contribution in [3.63, 3.8) is 0 Å². The molecule has 4 atom stereocenters. The van der Waals surface area contributed by atoms with Gasteiger partial charge in [-0.25, -0.2) is 0 Å². The highest BCUT2D eigenvalue weighted by Gasteiger charge is 2.64. The summed E-state index contributed by atoms with van der Waals surface area (Å²) < 4.78 is 0. The number of nitrogens with zero attached hydrogens (tertiary/aromatic N) is 1. The summed E-state index contributed by atoms with van der Waals surface area (Å²) in [5, 5.41) is 12.1. The Kier molecular flexibility index (Phi) is 3.83. The molecule has 2 aromatic carbocycles. The second kappa shape index (κ2) is 5.77. The molecule has 4 heteroatoms. The highest BCUT2D eigenvalue weighted by Crippen LogP contribution is 2.56. The Labute approximate surface area is 159 Å². The fourth-order valence-electron chi connectivity index (χ4n) is 4.92. The molecule has 1 saturated heterocycles. The first-order valence-corrected chi connectivity index (χ1v) is 9.44. The third-order valence-electron chi connectivity index (χ3n) is 6.09. The lowest BCUT2D eigenvalue weighted by Crippen LogP contribution is -2.49. The SMILES string of the molecule is C[C@H]1c2ccccc2[C@](O)(c2ccccc2)[C@H]2C(=O)N(C(C)(C)C)C(=O)[C@@H]12. The molecule has 4 rings (SSSR count). The Bertz CT molecular complexity index is 915. The van der Waals surface area contributed by atoms with Crippen LogP contribution >= 0.6 is 0 Å². The average molecular weight is 363 g/mol. The smallest absolute Gasteiger partial charge is 0.237 e. The van der Waals surface area contributed by atoms with Gasteiger partial charge in [0.15, 0.2) is 0 Å². The van der Waals surface area contributed by atoms with Crippen molar-refractivity contribution in [2.24, 2.45) is 11.8 Å². The Hall–Kier alpha value is -2.46. The minimum atomic E-state index is -1.53. The van der Waals surface area contributed by atoms with Crippen LogP contribution in [0.5, 0.6) is 0 Å². The summed E-state index contributed by atoms with van der Waals surface area (Å²) in [6.07, 6.45) is 0. The van der Waals surface area contributed by atoms with Gasteiger partial charge in [-0.05, 0) is 43.4 Å². The van der Waals surface area contributed by atoms with Gasteiger partial charge in [0.25, 0.3) is 0 Å². The van der Waals surface area contributed by atoms with Gasteiger partial charge in [-0.3, -0.25) is 14.5 Å². The molecule has 0 saturated carbocycles. The average Bonchev–Trinajstić information content (AvgIpc) is 2.92. The molecule has 0 radical (unpaired) electrons. The van der Waals surface area contributed by atoms with Gasteiger partial charge in [-0.1, -0.05) is 61.5 Å². The predicted octanol–water partition coefficient (Wildman–Crippen LogP) is 3.44. The van der Waals surface area contributed by atoms with Crippen molar-refractivity contribution in [3.8, 4) is 0 Å². The summed E-state index contributed by atoms with van der Waals surface area (Å²) in [5.41, 5.74) is 0.150. The normalized spacial score (nSPS) is 30.3. The molecule has 4 nitrogen and oxygen atoms in total. The Morgan fingerprint density at radius 1 is 0.926 bits per heavy atom. The van der Waals surface area contributed by atoms with E-state index < -0.39 is 23.0 Å². The van der Waals surface area contributed by atoms with E-state index in [4.69, 9.17) is 0 Å². The topological polar surface area (TPSA) is 57.6 Å². The number of amides is 2. The van der Waals surface area contributed by atoms with E-state index in [0.29, 0.717) is 5.56 Å². The minimum Gasteiger partial charge on any atom is -0.380 e. The van der Waals surface area contributed by atoms with Crippen molar-refractivity contribution in [1.29, 1.82) is 0 Å². The van der Waals surface area contributed by atoms with Crippen molar-refractivity contribution in [2.45, 2.75) is 44.8 Å². The first-order valence-electron chi connectivity index (χ1n) is 9.44. The number of hydrogen-bond acceptors (Lipinski definition) is 3. The lowest BCUT2D eigenvalue weighted by atomic mass is 9.60. The summed E-state index contributed by atoms with van der Waals surface area (Å²) in [7, 11) is 0. The fourth-order valence-corrected chi connectivity index (χ4v) is 4.92. The van der Waals surface area contributed by atoms with E-state index in [-0.39, 0.29) is 17.7 Å². The first kappa shape index (κ1) is 17.9. The number of benzene rings is 2. The van der Waals surface area contributed by atoms with Crippen molar-refractivity contribution in [2.75, 3.05) is 0 Å². The lowest BCUT2D eigenvalue weighted by Gasteiger charge is -2.44. The number of likely N-dealkylation sites (tertiary alicyclic amines) is 1. The molecule has 1 heterocycles. The number of rotatable bonds is 1. The quantitative estimate of drug-likeness (QED) is 0.790. The molecule has 2 aliphatic rings. The number of imide groups is 1. The van der Waals surface area contributed by atoms with Gasteiger partial charge in [0, 0.05) is 5.54 Å². The van der Waals surface area contributed by atoms with E-state index in [1.54, 1.807) is 0 Å². The summed E-state index contributed by atoms with van der Waals surface area (Å²) in [6.45, 7) is 7.57. The molecule has 1 aliphatic carbocycles. The molecule has 0 bridgehead atoms. The standard InChI is InChI=1S/C23H25NO3/c1-14-16-12-8-9-13-17(16)23(27,15-10-6-5-7-11-15)19-18(14)20(25)24(21(19)26)22(2,3)4/h5-14,18-19,27H,1-4H3/t14-,18-,19+,23+/m0/s1. The molecule has 140 valence electrons. The summed E-state index contributed by atoms with van der Waals surface area (Å²) in [5.74, 6) is -2.01. The van der Waals surface area contributed by atoms with E-state index >= 15 is 0 Å². The Balaban J connectivity index is 2.01. The number of fused-ring (bicyclic) bond motifs is 2. The summed E-state index contributed by atoms with van der Waals surface area (Å²) in [4.78, 5) is 28.2. The van der Waals surface area contributed by atoms with Gasteiger partial charge in [0.1, 0.15) is 5.60 Å². The van der Waals surface area contributed by atoms with Crippen LogP contribution < -0.4 is 0 Å². The van der Waals surface area contributed by atoms with Crippen LogP contribution in [0.4, 0.5) is 0 Å². The maximum Gasteiger partial charge on any atom is 0.237 e. The third-order valence-corrected chi connectivity index (χ3v) is 6.09. The molecule has 27 heavy (non-hydrogen) atoms. The van der Waals surface area contributed by atoms with E-state index in [9.17, 15) is 14.7 Å². The van der Waals surface area contributed by atoms with Gasteiger partial charge < -0.3 is 5.11 Å². The van der Waals surface area contributed by atoms with Crippen molar-refractivity contribution in [3.05, 3.63) is 71.3 Å². The van der Waals surface area contributed by atoms with Crippen LogP contribution in [0.3, 0.4) is 0 Å². The number of carbonyl (C=O) groups excluding carboxylic acids is 2. The van der Waals surface area contributed by atoms with Crippen LogP contribution in [0.25, 0.3) is 0 Å². The molecule has 0 aromatic heterocycles. The van der Waals surface area contributed by atoms with Gasteiger partial charge in [-0.15, -0.1) is 0 Å². The Morgan fingerprint density at radius 3 is 2.15 bits per heavy atom. The van der Waals surface area contributed by atoms with Crippen LogP contribution in [0.1, 0.15) is 50.3 Å². The monoisotopic (exact) mass is 363 g/mol. The van der Waals surface area contributed by atoms with E-state index in [1.165, 1.54) is 4.90 Å².